The summed E-state index contributed by atoms with van der Waals surface area (Å²) < 4.78 is 6.34. The SMILES string of the molecule is Cc1ccc(C(=O)Oc2ccc3ccccc3c2)cc1Br. The van der Waals surface area contributed by atoms with E-state index in [1.165, 1.54) is 0 Å². The highest BCUT2D eigenvalue weighted by Crippen LogP contribution is 2.23. The van der Waals surface area contributed by atoms with Gasteiger partial charge in [0.25, 0.3) is 0 Å². The van der Waals surface area contributed by atoms with Crippen LogP contribution in [0.2, 0.25) is 0 Å². The number of fused-ring (bicyclic) bond motifs is 1. The van der Waals surface area contributed by atoms with E-state index in [-0.39, 0.29) is 5.97 Å². The lowest BCUT2D eigenvalue weighted by atomic mass is 10.1. The Labute approximate surface area is 131 Å². The first-order valence-corrected chi connectivity index (χ1v) is 7.40. The predicted molar refractivity (Wildman–Crippen MR) is 87.8 cm³/mol. The fraction of sp³-hybridized carbons (Fsp3) is 0.0556. The largest absolute Gasteiger partial charge is 0.423 e. The average Bonchev–Trinajstić information content (AvgIpc) is 2.50. The first-order chi connectivity index (χ1) is 10.1. The van der Waals surface area contributed by atoms with E-state index >= 15 is 0 Å². The molecule has 0 heterocycles. The van der Waals surface area contributed by atoms with Crippen LogP contribution < -0.4 is 4.74 Å². The summed E-state index contributed by atoms with van der Waals surface area (Å²) in [6.07, 6.45) is 0. The van der Waals surface area contributed by atoms with Crippen LogP contribution in [0.1, 0.15) is 15.9 Å². The minimum Gasteiger partial charge on any atom is -0.423 e. The van der Waals surface area contributed by atoms with Crippen LogP contribution in [0.3, 0.4) is 0 Å². The lowest BCUT2D eigenvalue weighted by molar-refractivity contribution is 0.0735. The molecule has 0 N–H and O–H groups in total. The predicted octanol–water partition coefficient (Wildman–Crippen LogP) is 5.13. The van der Waals surface area contributed by atoms with Crippen LogP contribution in [0, 0.1) is 6.92 Å². The van der Waals surface area contributed by atoms with Gasteiger partial charge in [-0.15, -0.1) is 0 Å². The van der Waals surface area contributed by atoms with E-state index in [1.54, 1.807) is 12.1 Å². The molecule has 0 amide bonds. The van der Waals surface area contributed by atoms with E-state index in [1.807, 2.05) is 55.5 Å². The standard InChI is InChI=1S/C18H13BrO2/c1-12-6-7-15(11-17(12)19)18(20)21-16-9-8-13-4-2-3-5-14(13)10-16/h2-11H,1H3. The van der Waals surface area contributed by atoms with Gasteiger partial charge in [0.2, 0.25) is 0 Å². The van der Waals surface area contributed by atoms with Crippen molar-refractivity contribution < 1.29 is 9.53 Å². The first kappa shape index (κ1) is 13.8. The Bertz CT molecular complexity index is 824. The van der Waals surface area contributed by atoms with E-state index in [0.29, 0.717) is 11.3 Å². The first-order valence-electron chi connectivity index (χ1n) is 6.60. The van der Waals surface area contributed by atoms with Crippen LogP contribution in [0.4, 0.5) is 0 Å². The highest BCUT2D eigenvalue weighted by Gasteiger charge is 2.10. The fourth-order valence-corrected chi connectivity index (χ4v) is 2.50. The molecule has 21 heavy (non-hydrogen) atoms. The third-order valence-electron chi connectivity index (χ3n) is 3.34. The summed E-state index contributed by atoms with van der Waals surface area (Å²) in [7, 11) is 0. The van der Waals surface area contributed by atoms with Crippen molar-refractivity contribution in [3.8, 4) is 5.75 Å². The molecule has 0 aliphatic heterocycles. The van der Waals surface area contributed by atoms with E-state index in [2.05, 4.69) is 15.9 Å². The molecule has 3 aromatic rings. The van der Waals surface area contributed by atoms with Crippen LogP contribution in [-0.4, -0.2) is 5.97 Å². The molecule has 0 aliphatic carbocycles. The van der Waals surface area contributed by atoms with Crippen molar-refractivity contribution in [2.45, 2.75) is 6.92 Å². The number of ether oxygens (including phenoxy) is 1. The number of rotatable bonds is 2. The number of hydrogen-bond acceptors (Lipinski definition) is 2. The minimum atomic E-state index is -0.356. The van der Waals surface area contributed by atoms with Gasteiger partial charge in [-0.1, -0.05) is 52.3 Å². The summed E-state index contributed by atoms with van der Waals surface area (Å²) in [5.41, 5.74) is 1.61. The molecule has 0 atom stereocenters. The molecular formula is C18H13BrO2. The Balaban J connectivity index is 1.87. The van der Waals surface area contributed by atoms with E-state index in [0.717, 1.165) is 20.8 Å². The quantitative estimate of drug-likeness (QED) is 0.477. The van der Waals surface area contributed by atoms with Gasteiger partial charge < -0.3 is 4.74 Å². The smallest absolute Gasteiger partial charge is 0.343 e. The van der Waals surface area contributed by atoms with Crippen molar-refractivity contribution in [3.05, 3.63) is 76.3 Å². The van der Waals surface area contributed by atoms with Gasteiger partial charge in [-0.25, -0.2) is 4.79 Å². The number of hydrogen-bond donors (Lipinski definition) is 0. The van der Waals surface area contributed by atoms with Crippen LogP contribution in [0.5, 0.6) is 5.75 Å². The summed E-state index contributed by atoms with van der Waals surface area (Å²) in [5, 5.41) is 2.17. The maximum Gasteiger partial charge on any atom is 0.343 e. The van der Waals surface area contributed by atoms with E-state index in [9.17, 15) is 4.79 Å². The Morgan fingerprint density at radius 3 is 2.48 bits per heavy atom. The molecule has 3 rings (SSSR count). The van der Waals surface area contributed by atoms with Crippen molar-refractivity contribution in [1.82, 2.24) is 0 Å². The van der Waals surface area contributed by atoms with Gasteiger partial charge in [-0.2, -0.15) is 0 Å². The van der Waals surface area contributed by atoms with Crippen molar-refractivity contribution >= 4 is 32.7 Å². The topological polar surface area (TPSA) is 26.3 Å². The molecule has 0 saturated heterocycles. The molecule has 0 aliphatic rings. The zero-order valence-electron chi connectivity index (χ0n) is 11.5. The number of carbonyl (C=O) groups is 1. The summed E-state index contributed by atoms with van der Waals surface area (Å²) in [6, 6.07) is 19.0. The third-order valence-corrected chi connectivity index (χ3v) is 4.19. The number of esters is 1. The summed E-state index contributed by atoms with van der Waals surface area (Å²) in [6.45, 7) is 1.97. The zero-order chi connectivity index (χ0) is 14.8. The zero-order valence-corrected chi connectivity index (χ0v) is 13.1. The van der Waals surface area contributed by atoms with Crippen molar-refractivity contribution in [3.63, 3.8) is 0 Å². The Hall–Kier alpha value is -2.13. The molecule has 0 saturated carbocycles. The van der Waals surface area contributed by atoms with Crippen molar-refractivity contribution in [1.29, 1.82) is 0 Å². The lowest BCUT2D eigenvalue weighted by Crippen LogP contribution is -2.08. The monoisotopic (exact) mass is 340 g/mol. The summed E-state index contributed by atoms with van der Waals surface area (Å²) in [5.74, 6) is 0.196. The molecule has 0 fully saturated rings. The number of aryl methyl sites for hydroxylation is 1. The second-order valence-corrected chi connectivity index (χ2v) is 5.72. The van der Waals surface area contributed by atoms with Crippen LogP contribution in [-0.2, 0) is 0 Å². The van der Waals surface area contributed by atoms with Gasteiger partial charge in [0.05, 0.1) is 5.56 Å². The second-order valence-electron chi connectivity index (χ2n) is 4.86. The van der Waals surface area contributed by atoms with Crippen LogP contribution in [0.25, 0.3) is 10.8 Å². The normalized spacial score (nSPS) is 10.6. The average molecular weight is 341 g/mol. The Morgan fingerprint density at radius 1 is 0.952 bits per heavy atom. The number of halogens is 1. The Morgan fingerprint density at radius 2 is 1.71 bits per heavy atom. The molecule has 104 valence electrons. The number of carbonyl (C=O) groups excluding carboxylic acids is 1. The number of benzene rings is 3. The molecule has 0 bridgehead atoms. The molecular weight excluding hydrogens is 328 g/mol. The van der Waals surface area contributed by atoms with Gasteiger partial charge in [-0.3, -0.25) is 0 Å². The van der Waals surface area contributed by atoms with E-state index in [4.69, 9.17) is 4.74 Å². The van der Waals surface area contributed by atoms with Gasteiger partial charge in [-0.05, 0) is 47.5 Å². The van der Waals surface area contributed by atoms with Crippen molar-refractivity contribution in [2.24, 2.45) is 0 Å². The van der Waals surface area contributed by atoms with Crippen molar-refractivity contribution in [2.75, 3.05) is 0 Å². The van der Waals surface area contributed by atoms with Crippen LogP contribution in [0.15, 0.2) is 65.1 Å². The van der Waals surface area contributed by atoms with Gasteiger partial charge in [0.15, 0.2) is 0 Å². The highest BCUT2D eigenvalue weighted by atomic mass is 79.9. The second kappa shape index (κ2) is 5.70. The lowest BCUT2D eigenvalue weighted by Gasteiger charge is -2.07. The minimum absolute atomic E-state index is 0.356. The van der Waals surface area contributed by atoms with Gasteiger partial charge >= 0.3 is 5.97 Å². The molecule has 0 spiro atoms. The maximum absolute atomic E-state index is 12.2. The van der Waals surface area contributed by atoms with Gasteiger partial charge in [0.1, 0.15) is 5.75 Å². The fourth-order valence-electron chi connectivity index (χ4n) is 2.12. The molecule has 0 aromatic heterocycles. The molecule has 2 nitrogen and oxygen atoms in total. The third kappa shape index (κ3) is 2.98. The molecule has 3 aromatic carbocycles. The molecule has 0 unspecified atom stereocenters. The van der Waals surface area contributed by atoms with Crippen LogP contribution >= 0.6 is 15.9 Å². The molecule has 3 heteroatoms. The highest BCUT2D eigenvalue weighted by molar-refractivity contribution is 9.10. The Kier molecular flexibility index (Phi) is 3.76. The molecule has 0 radical (unpaired) electrons. The summed E-state index contributed by atoms with van der Waals surface area (Å²) in [4.78, 5) is 12.2. The maximum atomic E-state index is 12.2. The summed E-state index contributed by atoms with van der Waals surface area (Å²) >= 11 is 3.42. The van der Waals surface area contributed by atoms with Gasteiger partial charge in [0, 0.05) is 4.47 Å². The van der Waals surface area contributed by atoms with E-state index < -0.39 is 0 Å².